The number of ether oxygens (including phenoxy) is 1. The number of methoxy groups -OCH3 is 1. The summed E-state index contributed by atoms with van der Waals surface area (Å²) in [7, 11) is 3.59. The fourth-order valence-electron chi connectivity index (χ4n) is 2.44. The lowest BCUT2D eigenvalue weighted by molar-refractivity contribution is -0.126. The summed E-state index contributed by atoms with van der Waals surface area (Å²) >= 11 is 0. The second-order valence-corrected chi connectivity index (χ2v) is 5.30. The number of carbonyl (C=O) groups is 1. The van der Waals surface area contributed by atoms with Gasteiger partial charge in [0.15, 0.2) is 11.5 Å². The predicted molar refractivity (Wildman–Crippen MR) is 76.7 cm³/mol. The quantitative estimate of drug-likeness (QED) is 0.873. The molecule has 0 spiro atoms. The van der Waals surface area contributed by atoms with Crippen LogP contribution in [0, 0.1) is 5.92 Å². The molecule has 2 rings (SSSR count). The molecule has 0 radical (unpaired) electrons. The minimum atomic E-state index is 0.109. The number of amides is 1. The number of benzene rings is 1. The smallest absolute Gasteiger partial charge is 0.223 e. The van der Waals surface area contributed by atoms with E-state index in [1.54, 1.807) is 18.2 Å². The van der Waals surface area contributed by atoms with Crippen LogP contribution in [0.3, 0.4) is 0 Å². The van der Waals surface area contributed by atoms with Gasteiger partial charge in [0.1, 0.15) is 0 Å². The van der Waals surface area contributed by atoms with Gasteiger partial charge in [0.2, 0.25) is 5.91 Å². The van der Waals surface area contributed by atoms with Crippen LogP contribution in [-0.2, 0) is 11.3 Å². The zero-order chi connectivity index (χ0) is 14.5. The van der Waals surface area contributed by atoms with Crippen LogP contribution in [0.5, 0.6) is 11.5 Å². The molecule has 1 heterocycles. The van der Waals surface area contributed by atoms with Crippen LogP contribution in [0.25, 0.3) is 0 Å². The van der Waals surface area contributed by atoms with Gasteiger partial charge in [-0.05, 0) is 50.7 Å². The molecule has 0 unspecified atom stereocenters. The number of nitrogens with zero attached hydrogens (tertiary/aromatic N) is 1. The molecule has 0 atom stereocenters. The van der Waals surface area contributed by atoms with Gasteiger partial charge in [-0.3, -0.25) is 4.79 Å². The van der Waals surface area contributed by atoms with Crippen LogP contribution in [0.15, 0.2) is 18.2 Å². The van der Waals surface area contributed by atoms with Gasteiger partial charge in [0.05, 0.1) is 7.11 Å². The summed E-state index contributed by atoms with van der Waals surface area (Å²) in [6, 6.07) is 5.10. The first-order valence-corrected chi connectivity index (χ1v) is 6.92. The Hall–Kier alpha value is -1.75. The topological polar surface area (TPSA) is 61.8 Å². The lowest BCUT2D eigenvalue weighted by Crippen LogP contribution is -2.38. The summed E-state index contributed by atoms with van der Waals surface area (Å²) in [6.45, 7) is 2.41. The number of hydrogen-bond acceptors (Lipinski definition) is 4. The summed E-state index contributed by atoms with van der Waals surface area (Å²) in [5, 5.41) is 12.5. The molecule has 1 fully saturated rings. The number of phenolic OH excluding ortho intramolecular Hbond substituents is 1. The highest BCUT2D eigenvalue weighted by Crippen LogP contribution is 2.26. The summed E-state index contributed by atoms with van der Waals surface area (Å²) in [5.41, 5.74) is 0.918. The maximum atomic E-state index is 12.1. The average Bonchev–Trinajstić information content (AvgIpc) is 2.46. The first kappa shape index (κ1) is 14.7. The van der Waals surface area contributed by atoms with E-state index in [4.69, 9.17) is 4.74 Å². The summed E-state index contributed by atoms with van der Waals surface area (Å²) in [5.74, 6) is 0.768. The molecule has 5 nitrogen and oxygen atoms in total. The summed E-state index contributed by atoms with van der Waals surface area (Å²) in [6.07, 6.45) is 1.84. The number of phenols is 1. The molecular weight excluding hydrogens is 256 g/mol. The highest BCUT2D eigenvalue weighted by atomic mass is 16.5. The lowest BCUT2D eigenvalue weighted by Gasteiger charge is -2.28. The predicted octanol–water partition coefficient (Wildman–Crippen LogP) is 1.36. The Morgan fingerprint density at radius 3 is 2.80 bits per heavy atom. The number of rotatable bonds is 4. The Morgan fingerprint density at radius 2 is 2.15 bits per heavy atom. The maximum absolute atomic E-state index is 12.1. The second kappa shape index (κ2) is 6.61. The Balaban J connectivity index is 1.87. The third kappa shape index (κ3) is 3.63. The lowest BCUT2D eigenvalue weighted by atomic mass is 9.96. The van der Waals surface area contributed by atoms with Crippen LogP contribution in [0.4, 0.5) is 0 Å². The van der Waals surface area contributed by atoms with Gasteiger partial charge in [-0.2, -0.15) is 0 Å². The van der Waals surface area contributed by atoms with Crippen LogP contribution < -0.4 is 10.1 Å². The third-order valence-corrected chi connectivity index (χ3v) is 3.80. The number of carbonyl (C=O) groups excluding carboxylic acids is 1. The zero-order valence-corrected chi connectivity index (χ0v) is 12.1. The monoisotopic (exact) mass is 278 g/mol. The van der Waals surface area contributed by atoms with Crippen LogP contribution in [0.1, 0.15) is 18.4 Å². The molecule has 1 amide bonds. The molecule has 1 aromatic rings. The second-order valence-electron chi connectivity index (χ2n) is 5.30. The van der Waals surface area contributed by atoms with E-state index >= 15 is 0 Å². The van der Waals surface area contributed by atoms with Crippen molar-refractivity contribution >= 4 is 5.91 Å². The van der Waals surface area contributed by atoms with E-state index in [1.807, 2.05) is 0 Å². The van der Waals surface area contributed by atoms with Crippen LogP contribution >= 0.6 is 0 Å². The van der Waals surface area contributed by atoms with Crippen molar-refractivity contribution in [1.29, 1.82) is 0 Å². The normalized spacial score (nSPS) is 16.9. The molecule has 0 bridgehead atoms. The molecule has 1 aliphatic heterocycles. The van der Waals surface area contributed by atoms with Crippen molar-refractivity contribution in [3.8, 4) is 11.5 Å². The molecular formula is C15H22N2O3. The van der Waals surface area contributed by atoms with Crippen molar-refractivity contribution in [3.63, 3.8) is 0 Å². The van der Waals surface area contributed by atoms with Crippen molar-refractivity contribution in [1.82, 2.24) is 10.2 Å². The molecule has 20 heavy (non-hydrogen) atoms. The molecule has 5 heteroatoms. The number of likely N-dealkylation sites (tertiary alicyclic amines) is 1. The van der Waals surface area contributed by atoms with E-state index in [0.29, 0.717) is 12.3 Å². The Labute approximate surface area is 119 Å². The molecule has 1 saturated heterocycles. The van der Waals surface area contributed by atoms with E-state index in [9.17, 15) is 9.90 Å². The maximum Gasteiger partial charge on any atom is 0.223 e. The minimum Gasteiger partial charge on any atom is -0.504 e. The SMILES string of the molecule is COc1cc(CNC(=O)C2CCN(C)CC2)ccc1O. The van der Waals surface area contributed by atoms with Crippen LogP contribution in [0.2, 0.25) is 0 Å². The van der Waals surface area contributed by atoms with E-state index in [-0.39, 0.29) is 17.6 Å². The molecule has 1 aliphatic rings. The average molecular weight is 278 g/mol. The highest BCUT2D eigenvalue weighted by Gasteiger charge is 2.22. The Morgan fingerprint density at radius 1 is 1.45 bits per heavy atom. The van der Waals surface area contributed by atoms with Gasteiger partial charge < -0.3 is 20.1 Å². The van der Waals surface area contributed by atoms with Crippen molar-refractivity contribution < 1.29 is 14.6 Å². The van der Waals surface area contributed by atoms with Gasteiger partial charge >= 0.3 is 0 Å². The summed E-state index contributed by atoms with van der Waals surface area (Å²) < 4.78 is 5.05. The van der Waals surface area contributed by atoms with Crippen LogP contribution in [-0.4, -0.2) is 43.2 Å². The number of nitrogens with one attached hydrogen (secondary N) is 1. The largest absolute Gasteiger partial charge is 0.504 e. The van der Waals surface area contributed by atoms with Crippen molar-refractivity contribution in [2.45, 2.75) is 19.4 Å². The molecule has 0 saturated carbocycles. The van der Waals surface area contributed by atoms with Gasteiger partial charge in [0.25, 0.3) is 0 Å². The highest BCUT2D eigenvalue weighted by molar-refractivity contribution is 5.78. The Kier molecular flexibility index (Phi) is 4.84. The number of hydrogen-bond donors (Lipinski definition) is 2. The van der Waals surface area contributed by atoms with Crippen molar-refractivity contribution in [3.05, 3.63) is 23.8 Å². The first-order chi connectivity index (χ1) is 9.60. The van der Waals surface area contributed by atoms with E-state index in [2.05, 4.69) is 17.3 Å². The van der Waals surface area contributed by atoms with E-state index < -0.39 is 0 Å². The standard InChI is InChI=1S/C15H22N2O3/c1-17-7-5-12(6-8-17)15(19)16-10-11-3-4-13(18)14(9-11)20-2/h3-4,9,12,18H,5-8,10H2,1-2H3,(H,16,19). The fourth-order valence-corrected chi connectivity index (χ4v) is 2.44. The van der Waals surface area contributed by atoms with Gasteiger partial charge in [-0.15, -0.1) is 0 Å². The van der Waals surface area contributed by atoms with Crippen molar-refractivity contribution in [2.75, 3.05) is 27.2 Å². The Bertz CT molecular complexity index is 468. The first-order valence-electron chi connectivity index (χ1n) is 6.92. The van der Waals surface area contributed by atoms with Crippen molar-refractivity contribution in [2.24, 2.45) is 5.92 Å². The molecule has 2 N–H and O–H groups in total. The number of aromatic hydroxyl groups is 1. The molecule has 110 valence electrons. The van der Waals surface area contributed by atoms with E-state index in [1.165, 1.54) is 7.11 Å². The van der Waals surface area contributed by atoms with Gasteiger partial charge in [-0.25, -0.2) is 0 Å². The zero-order valence-electron chi connectivity index (χ0n) is 12.1. The van der Waals surface area contributed by atoms with E-state index in [0.717, 1.165) is 31.5 Å². The minimum absolute atomic E-state index is 0.109. The molecule has 0 aromatic heterocycles. The third-order valence-electron chi connectivity index (χ3n) is 3.80. The number of piperidine rings is 1. The van der Waals surface area contributed by atoms with Gasteiger partial charge in [0, 0.05) is 12.5 Å². The fraction of sp³-hybridized carbons (Fsp3) is 0.533. The molecule has 1 aromatic carbocycles. The van der Waals surface area contributed by atoms with Gasteiger partial charge in [-0.1, -0.05) is 6.07 Å². The molecule has 0 aliphatic carbocycles. The summed E-state index contributed by atoms with van der Waals surface area (Å²) in [4.78, 5) is 14.3.